The van der Waals surface area contributed by atoms with E-state index in [2.05, 4.69) is 20.4 Å². The number of aromatic amines is 4. The lowest BCUT2D eigenvalue weighted by atomic mass is 9.89. The van der Waals surface area contributed by atoms with Crippen molar-refractivity contribution in [1.82, 2.24) is 20.4 Å². The minimum atomic E-state index is -0.717. The normalized spacial score (nSPS) is 11.3. The number of benzene rings is 1. The van der Waals surface area contributed by atoms with Crippen LogP contribution in [0.2, 0.25) is 0 Å². The van der Waals surface area contributed by atoms with Crippen LogP contribution in [0.25, 0.3) is 11.3 Å². The van der Waals surface area contributed by atoms with Crippen LogP contribution < -0.4 is 11.1 Å². The number of nitrogens with one attached hydrogen (secondary N) is 4. The van der Waals surface area contributed by atoms with Crippen molar-refractivity contribution in [2.24, 2.45) is 0 Å². The van der Waals surface area contributed by atoms with Crippen molar-refractivity contribution >= 4 is 5.97 Å². The van der Waals surface area contributed by atoms with Crippen molar-refractivity contribution < 1.29 is 13.9 Å². The Balaban J connectivity index is 1.73. The molecule has 4 N–H and O–H groups in total. The summed E-state index contributed by atoms with van der Waals surface area (Å²) in [7, 11) is 0. The summed E-state index contributed by atoms with van der Waals surface area (Å²) in [6, 6.07) is 10.5. The number of hydrogen-bond donors (Lipinski definition) is 4. The number of hydrogen-bond acceptors (Lipinski definition) is 5. The lowest BCUT2D eigenvalue weighted by Crippen LogP contribution is -2.19. The van der Waals surface area contributed by atoms with Crippen molar-refractivity contribution in [3.63, 3.8) is 0 Å². The molecule has 0 spiro atoms. The number of aryl methyl sites for hydroxylation is 2. The Hall–Kier alpha value is -4.01. The number of unbranched alkanes of at least 4 members (excludes halogenated alkanes) is 1. The molecular weight excluding hydrogens is 424 g/mol. The van der Waals surface area contributed by atoms with Crippen LogP contribution in [0.15, 0.2) is 50.4 Å². The summed E-state index contributed by atoms with van der Waals surface area (Å²) >= 11 is 0. The van der Waals surface area contributed by atoms with E-state index in [0.29, 0.717) is 51.8 Å². The molecular formula is C24H26N4O5. The second kappa shape index (κ2) is 9.23. The number of rotatable bonds is 8. The van der Waals surface area contributed by atoms with Gasteiger partial charge in [-0.3, -0.25) is 19.8 Å². The molecule has 0 radical (unpaired) electrons. The van der Waals surface area contributed by atoms with Crippen molar-refractivity contribution in [2.45, 2.75) is 39.5 Å². The van der Waals surface area contributed by atoms with Crippen molar-refractivity contribution in [2.75, 3.05) is 6.61 Å². The average Bonchev–Trinajstić information content (AvgIpc) is 3.51. The maximum absolute atomic E-state index is 12.6. The van der Waals surface area contributed by atoms with Crippen LogP contribution in [-0.2, 0) is 4.74 Å². The standard InChI is InChI=1S/C24H26N4O5/c1-4-5-11-32-24(31)16-8-6-7-15(12-16)17-9-10-18(33-17)21(19-13(2)25-27-22(19)29)20-14(3)26-28-23(20)30/h6-10,12,21H,4-5,11H2,1-3H3,(H2,25,27,29)(H2,26,28,30). The fraction of sp³-hybridized carbons (Fsp3) is 0.292. The molecule has 0 atom stereocenters. The van der Waals surface area contributed by atoms with E-state index in [4.69, 9.17) is 9.15 Å². The van der Waals surface area contributed by atoms with Gasteiger partial charge in [-0.1, -0.05) is 25.5 Å². The molecule has 0 aliphatic heterocycles. The first-order valence-corrected chi connectivity index (χ1v) is 10.8. The molecule has 4 rings (SSSR count). The second-order valence-electron chi connectivity index (χ2n) is 7.94. The quantitative estimate of drug-likeness (QED) is 0.239. The summed E-state index contributed by atoms with van der Waals surface area (Å²) in [6.07, 6.45) is 1.75. The van der Waals surface area contributed by atoms with Gasteiger partial charge in [0.1, 0.15) is 11.5 Å². The maximum atomic E-state index is 12.6. The number of carbonyl (C=O) groups is 1. The predicted octanol–water partition coefficient (Wildman–Crippen LogP) is 3.73. The zero-order chi connectivity index (χ0) is 23.5. The van der Waals surface area contributed by atoms with E-state index in [1.54, 1.807) is 44.2 Å². The molecule has 1 aromatic carbocycles. The van der Waals surface area contributed by atoms with E-state index in [-0.39, 0.29) is 17.1 Å². The van der Waals surface area contributed by atoms with Crippen LogP contribution in [-0.4, -0.2) is 33.0 Å². The Morgan fingerprint density at radius 1 is 0.970 bits per heavy atom. The first kappa shape index (κ1) is 22.2. The Morgan fingerprint density at radius 3 is 2.21 bits per heavy atom. The number of H-pyrrole nitrogens is 4. The van der Waals surface area contributed by atoms with E-state index in [9.17, 15) is 14.4 Å². The molecule has 0 fully saturated rings. The summed E-state index contributed by atoms with van der Waals surface area (Å²) < 4.78 is 11.4. The minimum Gasteiger partial charge on any atom is -0.462 e. The molecule has 33 heavy (non-hydrogen) atoms. The SMILES string of the molecule is CCCCOC(=O)c1cccc(-c2ccc(C(c3c(C)[nH][nH]c3=O)c3c(C)[nH][nH]c3=O)o2)c1. The van der Waals surface area contributed by atoms with Gasteiger partial charge in [0.05, 0.1) is 29.2 Å². The van der Waals surface area contributed by atoms with Gasteiger partial charge in [-0.15, -0.1) is 0 Å². The van der Waals surface area contributed by atoms with Crippen LogP contribution >= 0.6 is 0 Å². The predicted molar refractivity (Wildman–Crippen MR) is 123 cm³/mol. The van der Waals surface area contributed by atoms with Gasteiger partial charge in [-0.05, 0) is 44.5 Å². The largest absolute Gasteiger partial charge is 0.462 e. The molecule has 0 amide bonds. The zero-order valence-corrected chi connectivity index (χ0v) is 18.7. The fourth-order valence-corrected chi connectivity index (χ4v) is 3.89. The highest BCUT2D eigenvalue weighted by atomic mass is 16.5. The van der Waals surface area contributed by atoms with E-state index in [0.717, 1.165) is 12.8 Å². The molecule has 9 nitrogen and oxygen atoms in total. The summed E-state index contributed by atoms with van der Waals surface area (Å²) in [5, 5.41) is 10.8. The highest BCUT2D eigenvalue weighted by Gasteiger charge is 2.30. The van der Waals surface area contributed by atoms with Crippen LogP contribution in [0, 0.1) is 13.8 Å². The van der Waals surface area contributed by atoms with Gasteiger partial charge >= 0.3 is 5.97 Å². The van der Waals surface area contributed by atoms with E-state index in [1.807, 2.05) is 13.0 Å². The topological polar surface area (TPSA) is 137 Å². The summed E-state index contributed by atoms with van der Waals surface area (Å²) in [4.78, 5) is 37.5. The van der Waals surface area contributed by atoms with Gasteiger partial charge < -0.3 is 19.4 Å². The minimum absolute atomic E-state index is 0.327. The number of esters is 1. The third-order valence-corrected chi connectivity index (χ3v) is 5.63. The summed E-state index contributed by atoms with van der Waals surface area (Å²) in [5.74, 6) is -0.167. The first-order chi connectivity index (χ1) is 15.9. The number of furan rings is 1. The van der Waals surface area contributed by atoms with Crippen LogP contribution in [0.4, 0.5) is 0 Å². The van der Waals surface area contributed by atoms with Gasteiger partial charge in [0.15, 0.2) is 0 Å². The van der Waals surface area contributed by atoms with Gasteiger partial charge in [0.25, 0.3) is 11.1 Å². The Morgan fingerprint density at radius 2 is 1.64 bits per heavy atom. The monoisotopic (exact) mass is 450 g/mol. The molecule has 9 heteroatoms. The summed E-state index contributed by atoms with van der Waals surface area (Å²) in [6.45, 7) is 5.92. The smallest absolute Gasteiger partial charge is 0.338 e. The van der Waals surface area contributed by atoms with E-state index in [1.165, 1.54) is 0 Å². The highest BCUT2D eigenvalue weighted by Crippen LogP contribution is 2.34. The van der Waals surface area contributed by atoms with Crippen LogP contribution in [0.5, 0.6) is 0 Å². The van der Waals surface area contributed by atoms with Crippen molar-refractivity contribution in [1.29, 1.82) is 0 Å². The molecule has 0 saturated carbocycles. The summed E-state index contributed by atoms with van der Waals surface area (Å²) in [5.41, 5.74) is 2.48. The lowest BCUT2D eigenvalue weighted by Gasteiger charge is -2.12. The third kappa shape index (κ3) is 4.34. The van der Waals surface area contributed by atoms with Crippen LogP contribution in [0.3, 0.4) is 0 Å². The molecule has 0 aliphatic carbocycles. The van der Waals surface area contributed by atoms with E-state index >= 15 is 0 Å². The molecule has 0 aliphatic rings. The molecule has 3 heterocycles. The molecule has 172 valence electrons. The Bertz CT molecular complexity index is 1330. The molecule has 0 saturated heterocycles. The third-order valence-electron chi connectivity index (χ3n) is 5.63. The number of aromatic nitrogens is 4. The molecule has 4 aromatic rings. The van der Waals surface area contributed by atoms with Crippen LogP contribution in [0.1, 0.15) is 64.3 Å². The Labute approximate surface area is 189 Å². The van der Waals surface area contributed by atoms with Crippen molar-refractivity contribution in [3.8, 4) is 11.3 Å². The van der Waals surface area contributed by atoms with Gasteiger partial charge in [-0.25, -0.2) is 4.79 Å². The zero-order valence-electron chi connectivity index (χ0n) is 18.7. The average molecular weight is 450 g/mol. The fourth-order valence-electron chi connectivity index (χ4n) is 3.89. The lowest BCUT2D eigenvalue weighted by molar-refractivity contribution is 0.0500. The van der Waals surface area contributed by atoms with Gasteiger partial charge in [0, 0.05) is 17.0 Å². The molecule has 0 bridgehead atoms. The van der Waals surface area contributed by atoms with Gasteiger partial charge in [0.2, 0.25) is 0 Å². The second-order valence-corrected chi connectivity index (χ2v) is 7.94. The first-order valence-electron chi connectivity index (χ1n) is 10.8. The highest BCUT2D eigenvalue weighted by molar-refractivity contribution is 5.90. The maximum Gasteiger partial charge on any atom is 0.338 e. The van der Waals surface area contributed by atoms with Crippen molar-refractivity contribution in [3.05, 3.63) is 90.9 Å². The molecule has 3 aromatic heterocycles. The number of ether oxygens (including phenoxy) is 1. The Kier molecular flexibility index (Phi) is 6.21. The number of carbonyl (C=O) groups excluding carboxylic acids is 1. The molecule has 0 unspecified atom stereocenters. The van der Waals surface area contributed by atoms with Gasteiger partial charge in [-0.2, -0.15) is 0 Å². The van der Waals surface area contributed by atoms with E-state index < -0.39 is 5.92 Å².